The summed E-state index contributed by atoms with van der Waals surface area (Å²) < 4.78 is 5.62. The molecule has 0 spiro atoms. The fraction of sp³-hybridized carbons (Fsp3) is 0.600. The largest absolute Gasteiger partial charge is 0.377 e. The van der Waals surface area contributed by atoms with Crippen molar-refractivity contribution in [1.82, 2.24) is 0 Å². The zero-order valence-electron chi connectivity index (χ0n) is 11.5. The molecule has 2 rings (SSSR count). The molecule has 0 bridgehead atoms. The van der Waals surface area contributed by atoms with Crippen LogP contribution < -0.4 is 5.73 Å². The molecule has 0 aliphatic carbocycles. The number of nitrogens with two attached hydrogens (primary N) is 1. The van der Waals surface area contributed by atoms with E-state index in [1.807, 2.05) is 11.8 Å². The highest BCUT2D eigenvalue weighted by atomic mass is 32.2. The topological polar surface area (TPSA) is 35.2 Å². The summed E-state index contributed by atoms with van der Waals surface area (Å²) >= 11 is 1.96. The van der Waals surface area contributed by atoms with E-state index in [4.69, 9.17) is 10.5 Å². The van der Waals surface area contributed by atoms with E-state index in [1.54, 1.807) is 0 Å². The van der Waals surface area contributed by atoms with Gasteiger partial charge in [-0.15, -0.1) is 11.8 Å². The quantitative estimate of drug-likeness (QED) is 0.908. The fourth-order valence-corrected chi connectivity index (χ4v) is 3.57. The van der Waals surface area contributed by atoms with Crippen LogP contribution in [-0.2, 0) is 11.2 Å². The third-order valence-corrected chi connectivity index (χ3v) is 5.02. The first-order valence-corrected chi connectivity index (χ1v) is 7.57. The van der Waals surface area contributed by atoms with Crippen LogP contribution in [0.4, 0.5) is 0 Å². The highest BCUT2D eigenvalue weighted by Crippen LogP contribution is 2.34. The first-order valence-electron chi connectivity index (χ1n) is 6.69. The normalized spacial score (nSPS) is 25.3. The number of benzene rings is 1. The Kier molecular flexibility index (Phi) is 4.71. The minimum Gasteiger partial charge on any atom is -0.377 e. The molecule has 3 unspecified atom stereocenters. The Morgan fingerprint density at radius 2 is 2.28 bits per heavy atom. The van der Waals surface area contributed by atoms with Crippen molar-refractivity contribution in [3.63, 3.8) is 0 Å². The molecule has 0 amide bonds. The van der Waals surface area contributed by atoms with Crippen LogP contribution in [0.1, 0.15) is 31.4 Å². The van der Waals surface area contributed by atoms with Gasteiger partial charge in [0.2, 0.25) is 0 Å². The SMILES string of the molecule is Cc1cc(CC(C)N)ccc1SC1CCOC1C. The number of thioether (sulfide) groups is 1. The molecule has 0 radical (unpaired) electrons. The molecule has 1 saturated heterocycles. The zero-order valence-corrected chi connectivity index (χ0v) is 12.3. The molecule has 1 aliphatic heterocycles. The molecule has 3 atom stereocenters. The van der Waals surface area contributed by atoms with Gasteiger partial charge in [-0.1, -0.05) is 12.1 Å². The second kappa shape index (κ2) is 6.09. The van der Waals surface area contributed by atoms with Gasteiger partial charge in [0.25, 0.3) is 0 Å². The maximum absolute atomic E-state index is 5.84. The third-order valence-electron chi connectivity index (χ3n) is 3.38. The maximum atomic E-state index is 5.84. The monoisotopic (exact) mass is 265 g/mol. The van der Waals surface area contributed by atoms with E-state index in [1.165, 1.54) is 16.0 Å². The molecule has 1 aliphatic rings. The van der Waals surface area contributed by atoms with E-state index >= 15 is 0 Å². The van der Waals surface area contributed by atoms with Crippen molar-refractivity contribution < 1.29 is 4.74 Å². The second-order valence-corrected chi connectivity index (χ2v) is 6.58. The van der Waals surface area contributed by atoms with E-state index in [-0.39, 0.29) is 6.04 Å². The number of aryl methyl sites for hydroxylation is 1. The average molecular weight is 265 g/mol. The summed E-state index contributed by atoms with van der Waals surface area (Å²) in [7, 11) is 0. The lowest BCUT2D eigenvalue weighted by Gasteiger charge is -2.16. The number of hydrogen-bond donors (Lipinski definition) is 1. The Morgan fingerprint density at radius 3 is 2.83 bits per heavy atom. The summed E-state index contributed by atoms with van der Waals surface area (Å²) in [6.45, 7) is 7.31. The van der Waals surface area contributed by atoms with Crippen molar-refractivity contribution in [2.75, 3.05) is 6.61 Å². The Morgan fingerprint density at radius 1 is 1.50 bits per heavy atom. The smallest absolute Gasteiger partial charge is 0.0669 e. The first kappa shape index (κ1) is 13.9. The zero-order chi connectivity index (χ0) is 13.1. The van der Waals surface area contributed by atoms with E-state index in [2.05, 4.69) is 39.0 Å². The molecule has 100 valence electrons. The molecular weight excluding hydrogens is 242 g/mol. The summed E-state index contributed by atoms with van der Waals surface area (Å²) in [5.74, 6) is 0. The molecule has 2 N–H and O–H groups in total. The van der Waals surface area contributed by atoms with E-state index in [0.29, 0.717) is 11.4 Å². The van der Waals surface area contributed by atoms with Crippen LogP contribution in [0.2, 0.25) is 0 Å². The van der Waals surface area contributed by atoms with Gasteiger partial charge < -0.3 is 10.5 Å². The molecule has 18 heavy (non-hydrogen) atoms. The van der Waals surface area contributed by atoms with Gasteiger partial charge in [0.05, 0.1) is 6.10 Å². The summed E-state index contributed by atoms with van der Waals surface area (Å²) in [6.07, 6.45) is 2.49. The maximum Gasteiger partial charge on any atom is 0.0669 e. The lowest BCUT2D eigenvalue weighted by Crippen LogP contribution is -2.17. The number of rotatable bonds is 4. The minimum absolute atomic E-state index is 0.228. The Labute approximate surface area is 114 Å². The van der Waals surface area contributed by atoms with Crippen molar-refractivity contribution in [1.29, 1.82) is 0 Å². The van der Waals surface area contributed by atoms with Crippen molar-refractivity contribution in [2.24, 2.45) is 5.73 Å². The van der Waals surface area contributed by atoms with Crippen molar-refractivity contribution >= 4 is 11.8 Å². The predicted octanol–water partition coefficient (Wildman–Crippen LogP) is 3.15. The minimum atomic E-state index is 0.228. The van der Waals surface area contributed by atoms with Gasteiger partial charge in [-0.3, -0.25) is 0 Å². The Bertz CT molecular complexity index is 405. The van der Waals surface area contributed by atoms with E-state index in [9.17, 15) is 0 Å². The van der Waals surface area contributed by atoms with Gasteiger partial charge in [0.1, 0.15) is 0 Å². The van der Waals surface area contributed by atoms with Gasteiger partial charge in [0.15, 0.2) is 0 Å². The lowest BCUT2D eigenvalue weighted by molar-refractivity contribution is 0.127. The molecular formula is C15H23NOS. The summed E-state index contributed by atoms with van der Waals surface area (Å²) in [5.41, 5.74) is 8.54. The van der Waals surface area contributed by atoms with Gasteiger partial charge in [-0.05, 0) is 50.8 Å². The highest BCUT2D eigenvalue weighted by molar-refractivity contribution is 8.00. The average Bonchev–Trinajstić information content (AvgIpc) is 2.67. The van der Waals surface area contributed by atoms with Crippen LogP contribution >= 0.6 is 11.8 Å². The summed E-state index contributed by atoms with van der Waals surface area (Å²) in [5, 5.41) is 0.600. The molecule has 1 fully saturated rings. The van der Waals surface area contributed by atoms with Crippen molar-refractivity contribution in [2.45, 2.75) is 55.9 Å². The van der Waals surface area contributed by atoms with E-state index < -0.39 is 0 Å². The molecule has 1 aromatic rings. The predicted molar refractivity (Wildman–Crippen MR) is 78.2 cm³/mol. The molecule has 3 heteroatoms. The third kappa shape index (κ3) is 3.50. The molecule has 0 aromatic heterocycles. The van der Waals surface area contributed by atoms with Crippen LogP contribution in [-0.4, -0.2) is 24.0 Å². The van der Waals surface area contributed by atoms with Crippen molar-refractivity contribution in [3.8, 4) is 0 Å². The molecule has 1 heterocycles. The van der Waals surface area contributed by atoms with Gasteiger partial charge >= 0.3 is 0 Å². The van der Waals surface area contributed by atoms with Crippen LogP contribution in [0.5, 0.6) is 0 Å². The fourth-order valence-electron chi connectivity index (χ4n) is 2.37. The summed E-state index contributed by atoms with van der Waals surface area (Å²) in [4.78, 5) is 1.38. The van der Waals surface area contributed by atoms with Gasteiger partial charge in [-0.2, -0.15) is 0 Å². The van der Waals surface area contributed by atoms with Crippen LogP contribution in [0.3, 0.4) is 0 Å². The lowest BCUT2D eigenvalue weighted by atomic mass is 10.1. The van der Waals surface area contributed by atoms with Crippen LogP contribution in [0.15, 0.2) is 23.1 Å². The number of ether oxygens (including phenoxy) is 1. The molecule has 0 saturated carbocycles. The van der Waals surface area contributed by atoms with E-state index in [0.717, 1.165) is 19.4 Å². The summed E-state index contributed by atoms with van der Waals surface area (Å²) in [6, 6.07) is 6.94. The van der Waals surface area contributed by atoms with Crippen molar-refractivity contribution in [3.05, 3.63) is 29.3 Å². The first-order chi connectivity index (χ1) is 8.56. The van der Waals surface area contributed by atoms with Gasteiger partial charge in [0, 0.05) is 22.8 Å². The van der Waals surface area contributed by atoms with Crippen LogP contribution in [0.25, 0.3) is 0 Å². The Hall–Kier alpha value is -0.510. The molecule has 1 aromatic carbocycles. The number of hydrogen-bond acceptors (Lipinski definition) is 3. The second-order valence-electron chi connectivity index (χ2n) is 5.30. The Balaban J connectivity index is 2.05. The van der Waals surface area contributed by atoms with Crippen LogP contribution in [0, 0.1) is 6.92 Å². The molecule has 2 nitrogen and oxygen atoms in total. The standard InChI is InChI=1S/C15H23NOS/c1-10-8-13(9-11(2)16)4-5-14(10)18-15-6-7-17-12(15)3/h4-5,8,11-12,15H,6-7,9,16H2,1-3H3. The highest BCUT2D eigenvalue weighted by Gasteiger charge is 2.25. The van der Waals surface area contributed by atoms with Gasteiger partial charge in [-0.25, -0.2) is 0 Å².